The van der Waals surface area contributed by atoms with Gasteiger partial charge in [0.15, 0.2) is 0 Å². The molecule has 0 heterocycles. The molecule has 1 atom stereocenters. The number of rotatable bonds is 9. The van der Waals surface area contributed by atoms with Crippen LogP contribution < -0.4 is 20.1 Å². The SMILES string of the molecule is CNC(=O)CCC(N=[N+]=[N-])C(=O)NCc1cc(OC)ccc1OC. The summed E-state index contributed by atoms with van der Waals surface area (Å²) in [5.74, 6) is 0.546. The molecule has 1 aromatic carbocycles. The van der Waals surface area contributed by atoms with Gasteiger partial charge in [0.25, 0.3) is 0 Å². The van der Waals surface area contributed by atoms with Crippen molar-refractivity contribution in [1.29, 1.82) is 0 Å². The molecule has 24 heavy (non-hydrogen) atoms. The van der Waals surface area contributed by atoms with E-state index in [-0.39, 0.29) is 25.3 Å². The molecule has 0 aliphatic carbocycles. The van der Waals surface area contributed by atoms with Gasteiger partial charge in [0.05, 0.1) is 14.2 Å². The Balaban J connectivity index is 2.74. The first kappa shape index (κ1) is 19.1. The van der Waals surface area contributed by atoms with Crippen LogP contribution in [-0.4, -0.2) is 39.1 Å². The quantitative estimate of drug-likeness (QED) is 0.403. The van der Waals surface area contributed by atoms with Gasteiger partial charge in [-0.3, -0.25) is 9.59 Å². The molecule has 0 saturated heterocycles. The number of amides is 2. The molecule has 130 valence electrons. The lowest BCUT2D eigenvalue weighted by atomic mass is 10.1. The van der Waals surface area contributed by atoms with Crippen molar-refractivity contribution in [3.05, 3.63) is 34.2 Å². The second kappa shape index (κ2) is 9.96. The Morgan fingerprint density at radius 2 is 2.08 bits per heavy atom. The molecule has 2 N–H and O–H groups in total. The highest BCUT2D eigenvalue weighted by atomic mass is 16.5. The molecule has 0 aliphatic heterocycles. The summed E-state index contributed by atoms with van der Waals surface area (Å²) in [5.41, 5.74) is 9.30. The minimum Gasteiger partial charge on any atom is -0.497 e. The molecular formula is C15H21N5O4. The normalized spacial score (nSPS) is 11.0. The summed E-state index contributed by atoms with van der Waals surface area (Å²) >= 11 is 0. The molecule has 9 nitrogen and oxygen atoms in total. The van der Waals surface area contributed by atoms with Crippen LogP contribution >= 0.6 is 0 Å². The molecule has 9 heteroatoms. The van der Waals surface area contributed by atoms with Gasteiger partial charge in [0, 0.05) is 30.5 Å². The zero-order chi connectivity index (χ0) is 17.9. The monoisotopic (exact) mass is 335 g/mol. The number of azide groups is 1. The smallest absolute Gasteiger partial charge is 0.229 e. The molecule has 1 aromatic rings. The Morgan fingerprint density at radius 1 is 1.33 bits per heavy atom. The molecule has 0 aromatic heterocycles. The van der Waals surface area contributed by atoms with E-state index in [0.717, 1.165) is 5.56 Å². The molecule has 0 spiro atoms. The van der Waals surface area contributed by atoms with Crippen molar-refractivity contribution in [3.63, 3.8) is 0 Å². The lowest BCUT2D eigenvalue weighted by Gasteiger charge is -2.14. The number of benzene rings is 1. The van der Waals surface area contributed by atoms with Gasteiger partial charge in [-0.2, -0.15) is 0 Å². The van der Waals surface area contributed by atoms with Crippen molar-refractivity contribution in [3.8, 4) is 11.5 Å². The number of carbonyl (C=O) groups is 2. The molecule has 0 fully saturated rings. The topological polar surface area (TPSA) is 125 Å². The minimum atomic E-state index is -0.955. The fourth-order valence-corrected chi connectivity index (χ4v) is 2.02. The highest BCUT2D eigenvalue weighted by Gasteiger charge is 2.18. The number of methoxy groups -OCH3 is 2. The van der Waals surface area contributed by atoms with Gasteiger partial charge in [-0.15, -0.1) is 0 Å². The van der Waals surface area contributed by atoms with Crippen molar-refractivity contribution < 1.29 is 19.1 Å². The predicted octanol–water partition coefficient (Wildman–Crippen LogP) is 1.53. The van der Waals surface area contributed by atoms with Crippen molar-refractivity contribution in [2.75, 3.05) is 21.3 Å². The number of hydrogen-bond donors (Lipinski definition) is 2. The van der Waals surface area contributed by atoms with Crippen LogP contribution in [0.4, 0.5) is 0 Å². The number of carbonyl (C=O) groups excluding carboxylic acids is 2. The third kappa shape index (κ3) is 5.69. The maximum Gasteiger partial charge on any atom is 0.229 e. The van der Waals surface area contributed by atoms with Crippen LogP contribution in [-0.2, 0) is 16.1 Å². The van der Waals surface area contributed by atoms with Crippen molar-refractivity contribution >= 4 is 11.8 Å². The lowest BCUT2D eigenvalue weighted by molar-refractivity contribution is -0.123. The molecule has 1 unspecified atom stereocenters. The fourth-order valence-electron chi connectivity index (χ4n) is 2.02. The van der Waals surface area contributed by atoms with Crippen molar-refractivity contribution in [1.82, 2.24) is 10.6 Å². The minimum absolute atomic E-state index is 0.0933. The van der Waals surface area contributed by atoms with Gasteiger partial charge in [0.2, 0.25) is 11.8 Å². The van der Waals surface area contributed by atoms with E-state index < -0.39 is 11.9 Å². The van der Waals surface area contributed by atoms with E-state index >= 15 is 0 Å². The van der Waals surface area contributed by atoms with Gasteiger partial charge in [-0.25, -0.2) is 0 Å². The third-order valence-electron chi connectivity index (χ3n) is 3.36. The molecular weight excluding hydrogens is 314 g/mol. The van der Waals surface area contributed by atoms with Gasteiger partial charge in [-0.1, -0.05) is 5.11 Å². The van der Waals surface area contributed by atoms with Crippen LogP contribution in [0.25, 0.3) is 10.4 Å². The molecule has 0 bridgehead atoms. The standard InChI is InChI=1S/C15H21N5O4/c1-17-14(21)7-5-12(19-20-16)15(22)18-9-10-8-11(23-2)4-6-13(10)24-3/h4,6,8,12H,5,7,9H2,1-3H3,(H,17,21)(H,18,22). The average molecular weight is 335 g/mol. The van der Waals surface area contributed by atoms with Crippen LogP contribution in [0, 0.1) is 0 Å². The largest absolute Gasteiger partial charge is 0.497 e. The van der Waals surface area contributed by atoms with E-state index in [1.54, 1.807) is 25.3 Å². The summed E-state index contributed by atoms with van der Waals surface area (Å²) in [5, 5.41) is 8.58. The first-order valence-electron chi connectivity index (χ1n) is 7.29. The van der Waals surface area contributed by atoms with Gasteiger partial charge in [0.1, 0.15) is 17.5 Å². The van der Waals surface area contributed by atoms with Gasteiger partial charge >= 0.3 is 0 Å². The van der Waals surface area contributed by atoms with Crippen LogP contribution in [0.1, 0.15) is 18.4 Å². The van der Waals surface area contributed by atoms with Crippen LogP contribution in [0.15, 0.2) is 23.3 Å². The first-order valence-corrected chi connectivity index (χ1v) is 7.29. The molecule has 0 aliphatic rings. The molecule has 0 radical (unpaired) electrons. The van der Waals surface area contributed by atoms with Gasteiger partial charge in [-0.05, 0) is 30.2 Å². The van der Waals surface area contributed by atoms with E-state index in [1.807, 2.05) is 0 Å². The van der Waals surface area contributed by atoms with E-state index in [1.165, 1.54) is 14.2 Å². The van der Waals surface area contributed by atoms with Gasteiger partial charge < -0.3 is 20.1 Å². The van der Waals surface area contributed by atoms with Crippen LogP contribution in [0.3, 0.4) is 0 Å². The number of ether oxygens (including phenoxy) is 2. The summed E-state index contributed by atoms with van der Waals surface area (Å²) in [6, 6.07) is 4.27. The highest BCUT2D eigenvalue weighted by Crippen LogP contribution is 2.23. The summed E-state index contributed by atoms with van der Waals surface area (Å²) in [6.07, 6.45) is 0.223. The number of nitrogens with zero attached hydrogens (tertiary/aromatic N) is 3. The van der Waals surface area contributed by atoms with Crippen LogP contribution in [0.5, 0.6) is 11.5 Å². The zero-order valence-corrected chi connectivity index (χ0v) is 13.9. The highest BCUT2D eigenvalue weighted by molar-refractivity contribution is 5.83. The Kier molecular flexibility index (Phi) is 7.93. The van der Waals surface area contributed by atoms with E-state index in [2.05, 4.69) is 20.7 Å². The Morgan fingerprint density at radius 3 is 2.67 bits per heavy atom. The Hall–Kier alpha value is -2.93. The number of nitrogens with one attached hydrogen (secondary N) is 2. The van der Waals surface area contributed by atoms with Crippen molar-refractivity contribution in [2.45, 2.75) is 25.4 Å². The first-order chi connectivity index (χ1) is 11.5. The fraction of sp³-hybridized carbons (Fsp3) is 0.467. The number of hydrogen-bond acceptors (Lipinski definition) is 5. The van der Waals surface area contributed by atoms with Crippen LogP contribution in [0.2, 0.25) is 0 Å². The van der Waals surface area contributed by atoms with Crippen molar-refractivity contribution in [2.24, 2.45) is 5.11 Å². The average Bonchev–Trinajstić information content (AvgIpc) is 2.62. The molecule has 2 amide bonds. The zero-order valence-electron chi connectivity index (χ0n) is 13.9. The molecule has 0 saturated carbocycles. The summed E-state index contributed by atoms with van der Waals surface area (Å²) < 4.78 is 10.4. The van der Waals surface area contributed by atoms with E-state index in [9.17, 15) is 9.59 Å². The Labute approximate surface area is 139 Å². The Bertz CT molecular complexity index is 628. The molecule has 1 rings (SSSR count). The summed E-state index contributed by atoms with van der Waals surface area (Å²) in [6.45, 7) is 0.177. The second-order valence-corrected chi connectivity index (χ2v) is 4.83. The third-order valence-corrected chi connectivity index (χ3v) is 3.36. The van der Waals surface area contributed by atoms with E-state index in [0.29, 0.717) is 11.5 Å². The maximum atomic E-state index is 12.2. The second-order valence-electron chi connectivity index (χ2n) is 4.83. The lowest BCUT2D eigenvalue weighted by Crippen LogP contribution is -2.34. The summed E-state index contributed by atoms with van der Waals surface area (Å²) in [7, 11) is 4.57. The summed E-state index contributed by atoms with van der Waals surface area (Å²) in [4.78, 5) is 26.1. The maximum absolute atomic E-state index is 12.2. The van der Waals surface area contributed by atoms with E-state index in [4.69, 9.17) is 15.0 Å². The predicted molar refractivity (Wildman–Crippen MR) is 87.6 cm³/mol.